The number of nitrogens with one attached hydrogen (secondary N) is 2. The first-order valence-corrected chi connectivity index (χ1v) is 17.6. The lowest BCUT2D eigenvalue weighted by Crippen LogP contribution is -2.48. The van der Waals surface area contributed by atoms with E-state index in [4.69, 9.17) is 26.3 Å². The molecule has 0 spiro atoms. The minimum absolute atomic E-state index is 0.0594. The molecule has 1 fully saturated rings. The van der Waals surface area contributed by atoms with Crippen molar-refractivity contribution in [2.24, 2.45) is 0 Å². The largest absolute Gasteiger partial charge is 0.490 e. The van der Waals surface area contributed by atoms with Gasteiger partial charge in [0.15, 0.2) is 32.4 Å². The third kappa shape index (κ3) is 8.50. The standard InChI is InChI=1S/C30H36ClN9O5S2/c1-20-18-25(36-35-20)32-28-27(45-4)29(39-16-14-38(15-17-39)13-12-37(2)3)34-30(33-28)46-22-8-10-23(11-9-22)47(43,44)19-21-6-5-7-24(26(21)31)40(41)42/h5-11,18H,12-17,19H2,1-4H3,(H2,32,33,34,35,36). The summed E-state index contributed by atoms with van der Waals surface area (Å²) in [4.78, 5) is 27.8. The Kier molecular flexibility index (Phi) is 10.9. The minimum Gasteiger partial charge on any atom is -0.490 e. The number of H-pyrrole nitrogens is 1. The predicted molar refractivity (Wildman–Crippen MR) is 182 cm³/mol. The van der Waals surface area contributed by atoms with E-state index >= 15 is 0 Å². The number of anilines is 3. The van der Waals surface area contributed by atoms with E-state index in [1.54, 1.807) is 19.2 Å². The van der Waals surface area contributed by atoms with Gasteiger partial charge in [0, 0.05) is 62.0 Å². The molecule has 0 aliphatic carbocycles. The van der Waals surface area contributed by atoms with Crippen LogP contribution in [0.25, 0.3) is 0 Å². The number of nitro benzene ring substituents is 1. The molecule has 3 heterocycles. The molecule has 0 atom stereocenters. The van der Waals surface area contributed by atoms with Gasteiger partial charge in [-0.05, 0) is 62.6 Å². The van der Waals surface area contributed by atoms with E-state index in [1.807, 2.05) is 13.0 Å². The van der Waals surface area contributed by atoms with Crippen LogP contribution in [0.5, 0.6) is 5.75 Å². The smallest absolute Gasteiger partial charge is 0.288 e. The van der Waals surface area contributed by atoms with Crippen molar-refractivity contribution in [3.05, 3.63) is 74.9 Å². The molecule has 2 aromatic carbocycles. The van der Waals surface area contributed by atoms with Crippen molar-refractivity contribution < 1.29 is 18.1 Å². The summed E-state index contributed by atoms with van der Waals surface area (Å²) in [6.07, 6.45) is 0. The molecule has 0 unspecified atom stereocenters. The topological polar surface area (TPSA) is 163 Å². The molecule has 4 aromatic rings. The van der Waals surface area contributed by atoms with Crippen molar-refractivity contribution in [1.82, 2.24) is 30.0 Å². The molecule has 2 aromatic heterocycles. The number of piperazine rings is 1. The number of sulfone groups is 1. The highest BCUT2D eigenvalue weighted by Crippen LogP contribution is 2.39. The molecule has 17 heteroatoms. The number of benzene rings is 2. The number of nitrogens with zero attached hydrogens (tertiary/aromatic N) is 7. The molecule has 0 saturated carbocycles. The van der Waals surface area contributed by atoms with Gasteiger partial charge in [0.05, 0.1) is 22.7 Å². The zero-order chi connectivity index (χ0) is 33.7. The highest BCUT2D eigenvalue weighted by molar-refractivity contribution is 7.99. The molecule has 14 nitrogen and oxygen atoms in total. The second-order valence-corrected chi connectivity index (χ2v) is 14.7. The maximum absolute atomic E-state index is 13.2. The van der Waals surface area contributed by atoms with Crippen molar-refractivity contribution in [3.8, 4) is 5.75 Å². The van der Waals surface area contributed by atoms with E-state index in [9.17, 15) is 18.5 Å². The number of likely N-dealkylation sites (N-methyl/N-ethyl adjacent to an activating group) is 1. The Balaban J connectivity index is 1.39. The monoisotopic (exact) mass is 701 g/mol. The third-order valence-electron chi connectivity index (χ3n) is 7.51. The molecule has 2 N–H and O–H groups in total. The van der Waals surface area contributed by atoms with Crippen molar-refractivity contribution >= 4 is 56.3 Å². The summed E-state index contributed by atoms with van der Waals surface area (Å²) in [5, 5.41) is 22.0. The van der Waals surface area contributed by atoms with Crippen LogP contribution in [0.2, 0.25) is 5.02 Å². The average Bonchev–Trinajstić information content (AvgIpc) is 3.45. The predicted octanol–water partition coefficient (Wildman–Crippen LogP) is 4.63. The van der Waals surface area contributed by atoms with Crippen molar-refractivity contribution in [3.63, 3.8) is 0 Å². The summed E-state index contributed by atoms with van der Waals surface area (Å²) in [6.45, 7) is 7.14. The number of aromatic nitrogens is 4. The van der Waals surface area contributed by atoms with E-state index in [1.165, 1.54) is 42.1 Å². The van der Waals surface area contributed by atoms with Crippen LogP contribution in [0.15, 0.2) is 63.5 Å². The maximum atomic E-state index is 13.2. The summed E-state index contributed by atoms with van der Waals surface area (Å²) in [6, 6.07) is 12.3. The molecule has 1 aliphatic heterocycles. The van der Waals surface area contributed by atoms with Crippen LogP contribution >= 0.6 is 23.4 Å². The molecule has 1 saturated heterocycles. The SMILES string of the molecule is COc1c(Nc2cc(C)[nH]n2)nc(Sc2ccc(S(=O)(=O)Cc3cccc([N+](=O)[O-])c3Cl)cc2)nc1N1CCN(CCN(C)C)CC1. The van der Waals surface area contributed by atoms with Gasteiger partial charge in [-0.2, -0.15) is 5.10 Å². The Morgan fingerprint density at radius 1 is 1.13 bits per heavy atom. The molecular weight excluding hydrogens is 666 g/mol. The van der Waals surface area contributed by atoms with Crippen LogP contribution in [0.1, 0.15) is 11.3 Å². The first-order valence-electron chi connectivity index (χ1n) is 14.7. The third-order valence-corrected chi connectivity index (χ3v) is 10.5. The molecule has 250 valence electrons. The number of ether oxygens (including phenoxy) is 1. The van der Waals surface area contributed by atoms with Crippen molar-refractivity contribution in [1.29, 1.82) is 0 Å². The molecule has 0 amide bonds. The van der Waals surface area contributed by atoms with Crippen LogP contribution in [0, 0.1) is 17.0 Å². The lowest BCUT2D eigenvalue weighted by Gasteiger charge is -2.36. The number of hydrogen-bond donors (Lipinski definition) is 2. The fraction of sp³-hybridized carbons (Fsp3) is 0.367. The zero-order valence-corrected chi connectivity index (χ0v) is 28.8. The number of nitro groups is 1. The van der Waals surface area contributed by atoms with Crippen LogP contribution in [-0.2, 0) is 15.6 Å². The van der Waals surface area contributed by atoms with Gasteiger partial charge in [-0.15, -0.1) is 0 Å². The quantitative estimate of drug-likeness (QED) is 0.113. The fourth-order valence-corrected chi connectivity index (χ4v) is 7.47. The van der Waals surface area contributed by atoms with Gasteiger partial charge in [-0.25, -0.2) is 18.4 Å². The zero-order valence-electron chi connectivity index (χ0n) is 26.4. The van der Waals surface area contributed by atoms with Gasteiger partial charge in [-0.1, -0.05) is 23.7 Å². The Hall–Kier alpha value is -3.96. The number of aromatic amines is 1. The van der Waals surface area contributed by atoms with Gasteiger partial charge >= 0.3 is 0 Å². The Morgan fingerprint density at radius 3 is 2.47 bits per heavy atom. The van der Waals surface area contributed by atoms with E-state index in [0.29, 0.717) is 33.3 Å². The van der Waals surface area contributed by atoms with Gasteiger partial charge in [0.2, 0.25) is 5.75 Å². The molecule has 0 bridgehead atoms. The first-order chi connectivity index (χ1) is 22.4. The van der Waals surface area contributed by atoms with Crippen molar-refractivity contribution in [2.75, 3.05) is 70.7 Å². The number of rotatable bonds is 13. The lowest BCUT2D eigenvalue weighted by atomic mass is 10.2. The van der Waals surface area contributed by atoms with Crippen molar-refractivity contribution in [2.45, 2.75) is 27.6 Å². The summed E-state index contributed by atoms with van der Waals surface area (Å²) in [7, 11) is 1.88. The first kappa shape index (κ1) is 34.4. The normalized spacial score (nSPS) is 14.0. The van der Waals surface area contributed by atoms with Gasteiger partial charge < -0.3 is 19.9 Å². The van der Waals surface area contributed by atoms with E-state index in [-0.39, 0.29) is 21.2 Å². The Morgan fingerprint density at radius 2 is 1.85 bits per heavy atom. The Bertz CT molecular complexity index is 1830. The molecule has 1 aliphatic rings. The molecule has 0 radical (unpaired) electrons. The Labute approximate surface area is 282 Å². The van der Waals surface area contributed by atoms with Crippen LogP contribution < -0.4 is 15.0 Å². The fourth-order valence-electron chi connectivity index (χ4n) is 5.01. The van der Waals surface area contributed by atoms with Gasteiger partial charge in [0.25, 0.3) is 5.69 Å². The van der Waals surface area contributed by atoms with Gasteiger partial charge in [-0.3, -0.25) is 20.1 Å². The van der Waals surface area contributed by atoms with E-state index in [0.717, 1.165) is 45.0 Å². The highest BCUT2D eigenvalue weighted by atomic mass is 35.5. The molecule has 47 heavy (non-hydrogen) atoms. The van der Waals surface area contributed by atoms with Gasteiger partial charge in [0.1, 0.15) is 5.02 Å². The van der Waals surface area contributed by atoms with E-state index in [2.05, 4.69) is 44.3 Å². The average molecular weight is 702 g/mol. The summed E-state index contributed by atoms with van der Waals surface area (Å²) in [5.74, 6) is 1.70. The number of aryl methyl sites for hydroxylation is 1. The summed E-state index contributed by atoms with van der Waals surface area (Å²) < 4.78 is 32.3. The molecule has 5 rings (SSSR count). The summed E-state index contributed by atoms with van der Waals surface area (Å²) >= 11 is 7.43. The number of halogens is 1. The number of hydrogen-bond acceptors (Lipinski definition) is 13. The second-order valence-electron chi connectivity index (χ2n) is 11.2. The minimum atomic E-state index is -3.85. The summed E-state index contributed by atoms with van der Waals surface area (Å²) in [5.41, 5.74) is 0.698. The van der Waals surface area contributed by atoms with Crippen LogP contribution in [-0.4, -0.2) is 104 Å². The maximum Gasteiger partial charge on any atom is 0.288 e. The highest BCUT2D eigenvalue weighted by Gasteiger charge is 2.26. The molecular formula is C30H36ClN9O5S2. The second kappa shape index (κ2) is 14.9. The lowest BCUT2D eigenvalue weighted by molar-refractivity contribution is -0.384. The van der Waals surface area contributed by atoms with Crippen LogP contribution in [0.4, 0.5) is 23.1 Å². The van der Waals surface area contributed by atoms with E-state index < -0.39 is 20.5 Å². The number of methoxy groups -OCH3 is 1. The van der Waals surface area contributed by atoms with Crippen LogP contribution in [0.3, 0.4) is 0 Å².